The van der Waals surface area contributed by atoms with Gasteiger partial charge in [-0.1, -0.05) is 36.4 Å². The van der Waals surface area contributed by atoms with Gasteiger partial charge >= 0.3 is 0 Å². The SMILES string of the molecule is OCCOCCOCc1ccc2cc(OCCCCOc3ccc4cc(COCCOCCO)ccc4c3)ccc2c1. The van der Waals surface area contributed by atoms with Crippen molar-refractivity contribution in [1.82, 2.24) is 0 Å². The predicted octanol–water partition coefficient (Wildman–Crippen LogP) is 5.28. The highest BCUT2D eigenvalue weighted by molar-refractivity contribution is 5.85. The predicted molar refractivity (Wildman–Crippen MR) is 163 cm³/mol. The Labute approximate surface area is 247 Å². The zero-order valence-electron chi connectivity index (χ0n) is 24.2. The molecule has 42 heavy (non-hydrogen) atoms. The molecular weight excluding hydrogens is 536 g/mol. The fraction of sp³-hybridized carbons (Fsp3) is 0.412. The van der Waals surface area contributed by atoms with Gasteiger partial charge in [-0.3, -0.25) is 0 Å². The number of aliphatic hydroxyl groups is 2. The number of unbranched alkanes of at least 4 members (excludes halogenated alkanes) is 1. The maximum absolute atomic E-state index is 8.72. The average Bonchev–Trinajstić information content (AvgIpc) is 3.02. The molecule has 0 aliphatic rings. The summed E-state index contributed by atoms with van der Waals surface area (Å²) in [7, 11) is 0. The lowest BCUT2D eigenvalue weighted by atomic mass is 10.1. The van der Waals surface area contributed by atoms with Gasteiger partial charge in [-0.15, -0.1) is 0 Å². The van der Waals surface area contributed by atoms with Crippen LogP contribution in [-0.2, 0) is 32.2 Å². The highest BCUT2D eigenvalue weighted by Gasteiger charge is 2.03. The van der Waals surface area contributed by atoms with Crippen LogP contribution in [0.5, 0.6) is 11.5 Å². The molecule has 0 amide bonds. The van der Waals surface area contributed by atoms with Crippen LogP contribution in [0.3, 0.4) is 0 Å². The summed E-state index contributed by atoms with van der Waals surface area (Å²) in [6, 6.07) is 24.9. The van der Waals surface area contributed by atoms with Gasteiger partial charge in [-0.25, -0.2) is 0 Å². The molecule has 0 aliphatic carbocycles. The summed E-state index contributed by atoms with van der Waals surface area (Å²) in [4.78, 5) is 0. The van der Waals surface area contributed by atoms with Crippen molar-refractivity contribution in [2.75, 3.05) is 66.1 Å². The third-order valence-corrected chi connectivity index (χ3v) is 6.58. The molecular formula is C34H42O8. The molecule has 0 aromatic heterocycles. The van der Waals surface area contributed by atoms with Crippen LogP contribution in [0, 0.1) is 0 Å². The van der Waals surface area contributed by atoms with E-state index in [2.05, 4.69) is 60.7 Å². The Bertz CT molecular complexity index is 1240. The Balaban J connectivity index is 1.12. The highest BCUT2D eigenvalue weighted by atomic mass is 16.5. The van der Waals surface area contributed by atoms with Crippen LogP contribution in [0.15, 0.2) is 72.8 Å². The Hall–Kier alpha value is -3.24. The Morgan fingerprint density at radius 1 is 0.405 bits per heavy atom. The van der Waals surface area contributed by atoms with Crippen molar-refractivity contribution < 1.29 is 38.6 Å². The van der Waals surface area contributed by atoms with E-state index >= 15 is 0 Å². The van der Waals surface area contributed by atoms with E-state index in [1.807, 2.05) is 12.1 Å². The summed E-state index contributed by atoms with van der Waals surface area (Å²) in [5.74, 6) is 1.73. The second kappa shape index (κ2) is 18.3. The normalized spacial score (nSPS) is 11.4. The van der Waals surface area contributed by atoms with Gasteiger partial charge in [-0.05, 0) is 81.9 Å². The van der Waals surface area contributed by atoms with E-state index in [9.17, 15) is 0 Å². The molecule has 0 aliphatic heterocycles. The van der Waals surface area contributed by atoms with Crippen molar-refractivity contribution in [3.05, 3.63) is 83.9 Å². The van der Waals surface area contributed by atoms with Crippen LogP contribution in [0.4, 0.5) is 0 Å². The van der Waals surface area contributed by atoms with Crippen LogP contribution in [-0.4, -0.2) is 76.3 Å². The quantitative estimate of drug-likeness (QED) is 0.129. The molecule has 4 aromatic carbocycles. The molecule has 0 atom stereocenters. The smallest absolute Gasteiger partial charge is 0.119 e. The van der Waals surface area contributed by atoms with Gasteiger partial charge in [0.1, 0.15) is 11.5 Å². The Morgan fingerprint density at radius 3 is 1.26 bits per heavy atom. The Morgan fingerprint density at radius 2 is 0.810 bits per heavy atom. The largest absolute Gasteiger partial charge is 0.494 e. The second-order valence-electron chi connectivity index (χ2n) is 9.87. The van der Waals surface area contributed by atoms with Crippen LogP contribution in [0.2, 0.25) is 0 Å². The van der Waals surface area contributed by atoms with Crippen molar-refractivity contribution in [2.45, 2.75) is 26.1 Å². The van der Waals surface area contributed by atoms with Gasteiger partial charge in [0.05, 0.1) is 79.3 Å². The van der Waals surface area contributed by atoms with E-state index in [0.29, 0.717) is 66.1 Å². The molecule has 8 heteroatoms. The van der Waals surface area contributed by atoms with Gasteiger partial charge in [-0.2, -0.15) is 0 Å². The summed E-state index contributed by atoms with van der Waals surface area (Å²) in [6.07, 6.45) is 1.80. The molecule has 4 rings (SSSR count). The minimum atomic E-state index is 0.0300. The first-order valence-electron chi connectivity index (χ1n) is 14.6. The van der Waals surface area contributed by atoms with Gasteiger partial charge in [0, 0.05) is 0 Å². The third kappa shape index (κ3) is 10.9. The Kier molecular flexibility index (Phi) is 13.8. The zero-order valence-corrected chi connectivity index (χ0v) is 24.2. The number of benzene rings is 4. The van der Waals surface area contributed by atoms with Crippen molar-refractivity contribution in [1.29, 1.82) is 0 Å². The summed E-state index contributed by atoms with van der Waals surface area (Å²) in [5.41, 5.74) is 2.22. The number of aliphatic hydroxyl groups excluding tert-OH is 2. The van der Waals surface area contributed by atoms with E-state index in [-0.39, 0.29) is 13.2 Å². The molecule has 0 unspecified atom stereocenters. The first kappa shape index (κ1) is 31.7. The summed E-state index contributed by atoms with van der Waals surface area (Å²) in [5, 5.41) is 22.0. The topological polar surface area (TPSA) is 95.8 Å². The van der Waals surface area contributed by atoms with E-state index < -0.39 is 0 Å². The van der Waals surface area contributed by atoms with E-state index in [1.165, 1.54) is 0 Å². The molecule has 0 saturated carbocycles. The number of hydrogen-bond donors (Lipinski definition) is 2. The molecule has 0 radical (unpaired) electrons. The van der Waals surface area contributed by atoms with Crippen LogP contribution < -0.4 is 9.47 Å². The van der Waals surface area contributed by atoms with Gasteiger partial charge in [0.15, 0.2) is 0 Å². The van der Waals surface area contributed by atoms with Crippen molar-refractivity contribution in [3.8, 4) is 11.5 Å². The lowest BCUT2D eigenvalue weighted by molar-refractivity contribution is 0.0274. The number of ether oxygens (including phenoxy) is 6. The van der Waals surface area contributed by atoms with Crippen LogP contribution in [0.1, 0.15) is 24.0 Å². The van der Waals surface area contributed by atoms with Gasteiger partial charge < -0.3 is 38.6 Å². The maximum atomic E-state index is 8.72. The minimum absolute atomic E-state index is 0.0300. The van der Waals surface area contributed by atoms with Crippen molar-refractivity contribution in [3.63, 3.8) is 0 Å². The molecule has 0 heterocycles. The second-order valence-corrected chi connectivity index (χ2v) is 9.87. The van der Waals surface area contributed by atoms with E-state index in [4.69, 9.17) is 38.6 Å². The van der Waals surface area contributed by atoms with E-state index in [1.54, 1.807) is 0 Å². The van der Waals surface area contributed by atoms with Gasteiger partial charge in [0.25, 0.3) is 0 Å². The fourth-order valence-electron chi connectivity index (χ4n) is 4.44. The first-order valence-corrected chi connectivity index (χ1v) is 14.6. The fourth-order valence-corrected chi connectivity index (χ4v) is 4.44. The molecule has 4 aromatic rings. The van der Waals surface area contributed by atoms with Crippen LogP contribution >= 0.6 is 0 Å². The summed E-state index contributed by atoms with van der Waals surface area (Å²) in [6.45, 7) is 5.02. The first-order chi connectivity index (χ1) is 20.7. The van der Waals surface area contributed by atoms with Crippen molar-refractivity contribution >= 4 is 21.5 Å². The maximum Gasteiger partial charge on any atom is 0.119 e. The minimum Gasteiger partial charge on any atom is -0.494 e. The molecule has 226 valence electrons. The highest BCUT2D eigenvalue weighted by Crippen LogP contribution is 2.24. The summed E-state index contributed by atoms with van der Waals surface area (Å²) < 4.78 is 33.7. The molecule has 0 spiro atoms. The lowest BCUT2D eigenvalue weighted by Gasteiger charge is -2.10. The molecule has 0 saturated heterocycles. The van der Waals surface area contributed by atoms with Gasteiger partial charge in [0.2, 0.25) is 0 Å². The molecule has 0 bridgehead atoms. The van der Waals surface area contributed by atoms with E-state index in [0.717, 1.165) is 57.0 Å². The van der Waals surface area contributed by atoms with Crippen molar-refractivity contribution in [2.24, 2.45) is 0 Å². The van der Waals surface area contributed by atoms with Crippen LogP contribution in [0.25, 0.3) is 21.5 Å². The monoisotopic (exact) mass is 578 g/mol. The number of hydrogen-bond acceptors (Lipinski definition) is 8. The summed E-state index contributed by atoms with van der Waals surface area (Å²) >= 11 is 0. The average molecular weight is 579 g/mol. The number of rotatable bonds is 21. The number of fused-ring (bicyclic) bond motifs is 2. The lowest BCUT2D eigenvalue weighted by Crippen LogP contribution is -2.07. The zero-order chi connectivity index (χ0) is 29.2. The molecule has 0 fully saturated rings. The molecule has 8 nitrogen and oxygen atoms in total. The standard InChI is InChI=1S/C34H42O8/c35-11-15-37-17-19-39-25-27-3-5-31-23-33(9-7-29(31)21-27)41-13-1-2-14-42-34-10-8-30-22-28(4-6-32(30)24-34)26-40-20-18-38-16-12-36/h3-10,21-24,35-36H,1-2,11-20,25-26H2. The third-order valence-electron chi connectivity index (χ3n) is 6.58. The molecule has 2 N–H and O–H groups in total.